The summed E-state index contributed by atoms with van der Waals surface area (Å²) in [4.78, 5) is 26.7. The molecule has 0 saturated carbocycles. The van der Waals surface area contributed by atoms with Gasteiger partial charge in [-0.2, -0.15) is 13.2 Å². The number of nitrogen functional groups attached to an aromatic ring is 1. The fourth-order valence-corrected chi connectivity index (χ4v) is 3.37. The van der Waals surface area contributed by atoms with Crippen molar-refractivity contribution in [2.45, 2.75) is 32.4 Å². The molecule has 0 radical (unpaired) electrons. The number of nitrogens with two attached hydrogens (primary N) is 1. The largest absolute Gasteiger partial charge is 0.417 e. The Balaban J connectivity index is 1.62. The topological polar surface area (TPSA) is 94.2 Å². The smallest absolute Gasteiger partial charge is 0.383 e. The van der Waals surface area contributed by atoms with Gasteiger partial charge < -0.3 is 15.4 Å². The number of aromatic nitrogens is 3. The Bertz CT molecular complexity index is 1130. The Morgan fingerprint density at radius 1 is 1.20 bits per heavy atom. The summed E-state index contributed by atoms with van der Waals surface area (Å²) in [6, 6.07) is 3.30. The maximum atomic E-state index is 13.0. The van der Waals surface area contributed by atoms with Crippen LogP contribution in [-0.4, -0.2) is 32.8 Å². The van der Waals surface area contributed by atoms with Crippen molar-refractivity contribution in [2.24, 2.45) is 0 Å². The highest BCUT2D eigenvalue weighted by atomic mass is 19.4. The highest BCUT2D eigenvalue weighted by Gasteiger charge is 2.31. The van der Waals surface area contributed by atoms with Gasteiger partial charge in [0.1, 0.15) is 11.5 Å². The maximum Gasteiger partial charge on any atom is 0.417 e. The summed E-state index contributed by atoms with van der Waals surface area (Å²) in [5.41, 5.74) is 7.89. The van der Waals surface area contributed by atoms with E-state index in [1.807, 2.05) is 0 Å². The SMILES string of the molecule is C[C@H](c1ccc(C(F)(F)F)cn1)N(C)C(=O)c1cc2c3c(c(N)nc2cn1)COC3. The van der Waals surface area contributed by atoms with Crippen LogP contribution in [0.3, 0.4) is 0 Å². The van der Waals surface area contributed by atoms with Crippen LogP contribution in [0.4, 0.5) is 19.0 Å². The van der Waals surface area contributed by atoms with Crippen molar-refractivity contribution < 1.29 is 22.7 Å². The molecule has 0 saturated heterocycles. The fraction of sp³-hybridized carbons (Fsp3) is 0.300. The van der Waals surface area contributed by atoms with Crippen molar-refractivity contribution in [3.05, 3.63) is 58.7 Å². The van der Waals surface area contributed by atoms with Crippen molar-refractivity contribution in [1.29, 1.82) is 0 Å². The van der Waals surface area contributed by atoms with Crippen LogP contribution in [-0.2, 0) is 24.1 Å². The molecular formula is C20H18F3N5O2. The zero-order valence-electron chi connectivity index (χ0n) is 16.2. The molecule has 156 valence electrons. The number of ether oxygens (including phenoxy) is 1. The van der Waals surface area contributed by atoms with Gasteiger partial charge in [0, 0.05) is 24.2 Å². The summed E-state index contributed by atoms with van der Waals surface area (Å²) in [5.74, 6) is -0.00872. The third kappa shape index (κ3) is 3.43. The molecule has 3 aromatic heterocycles. The zero-order valence-corrected chi connectivity index (χ0v) is 16.2. The molecule has 1 aliphatic rings. The van der Waals surface area contributed by atoms with Crippen LogP contribution in [0.5, 0.6) is 0 Å². The summed E-state index contributed by atoms with van der Waals surface area (Å²) in [6.07, 6.45) is -2.23. The zero-order chi connectivity index (χ0) is 21.6. The fourth-order valence-electron chi connectivity index (χ4n) is 3.37. The van der Waals surface area contributed by atoms with E-state index in [0.717, 1.165) is 28.8 Å². The molecular weight excluding hydrogens is 399 g/mol. The average molecular weight is 417 g/mol. The van der Waals surface area contributed by atoms with Crippen molar-refractivity contribution >= 4 is 22.6 Å². The Morgan fingerprint density at radius 2 is 1.93 bits per heavy atom. The molecule has 0 spiro atoms. The van der Waals surface area contributed by atoms with Gasteiger partial charge in [0.2, 0.25) is 0 Å². The first-order valence-corrected chi connectivity index (χ1v) is 9.12. The molecule has 4 heterocycles. The first-order chi connectivity index (χ1) is 14.2. The van der Waals surface area contributed by atoms with Gasteiger partial charge >= 0.3 is 6.18 Å². The molecule has 0 aromatic carbocycles. The lowest BCUT2D eigenvalue weighted by Crippen LogP contribution is -2.30. The third-order valence-electron chi connectivity index (χ3n) is 5.28. The predicted molar refractivity (Wildman–Crippen MR) is 102 cm³/mol. The molecule has 4 rings (SSSR count). The first kappa shape index (κ1) is 20.0. The van der Waals surface area contributed by atoms with Crippen molar-refractivity contribution in [2.75, 3.05) is 12.8 Å². The summed E-state index contributed by atoms with van der Waals surface area (Å²) in [6.45, 7) is 2.42. The van der Waals surface area contributed by atoms with Crippen LogP contribution < -0.4 is 5.73 Å². The first-order valence-electron chi connectivity index (χ1n) is 9.12. The minimum atomic E-state index is -4.47. The molecule has 0 fully saturated rings. The lowest BCUT2D eigenvalue weighted by atomic mass is 10.1. The molecule has 1 atom stereocenters. The number of carbonyl (C=O) groups excluding carboxylic acids is 1. The number of pyridine rings is 3. The molecule has 10 heteroatoms. The van der Waals surface area contributed by atoms with E-state index in [1.165, 1.54) is 17.2 Å². The van der Waals surface area contributed by atoms with E-state index in [-0.39, 0.29) is 5.69 Å². The number of carbonyl (C=O) groups is 1. The number of hydrogen-bond acceptors (Lipinski definition) is 6. The second-order valence-electron chi connectivity index (χ2n) is 7.10. The normalized spacial score (nSPS) is 14.6. The van der Waals surface area contributed by atoms with Gasteiger partial charge in [-0.3, -0.25) is 9.78 Å². The molecule has 0 unspecified atom stereocenters. The highest BCUT2D eigenvalue weighted by molar-refractivity contribution is 5.97. The van der Waals surface area contributed by atoms with E-state index in [2.05, 4.69) is 15.0 Å². The van der Waals surface area contributed by atoms with Gasteiger partial charge in [0.05, 0.1) is 42.2 Å². The molecule has 0 aliphatic carbocycles. The number of alkyl halides is 3. The molecule has 2 N–H and O–H groups in total. The van der Waals surface area contributed by atoms with Crippen molar-refractivity contribution in [3.8, 4) is 0 Å². The van der Waals surface area contributed by atoms with Crippen LogP contribution in [0, 0.1) is 0 Å². The molecule has 7 nitrogen and oxygen atoms in total. The van der Waals surface area contributed by atoms with E-state index in [1.54, 1.807) is 20.0 Å². The van der Waals surface area contributed by atoms with Gasteiger partial charge in [-0.25, -0.2) is 9.97 Å². The summed E-state index contributed by atoms with van der Waals surface area (Å²) < 4.78 is 43.7. The minimum Gasteiger partial charge on any atom is -0.383 e. The Kier molecular flexibility index (Phi) is 4.81. The van der Waals surface area contributed by atoms with Gasteiger partial charge in [-0.05, 0) is 30.7 Å². The van der Waals surface area contributed by atoms with E-state index in [0.29, 0.717) is 30.2 Å². The standard InChI is InChI=1S/C20H18F3N5O2/c1-10(15-4-3-11(6-25-15)20(21,22)23)28(2)19(29)16-5-12-13-8-30-9-14(13)18(24)27-17(12)7-26-16/h3-7,10H,8-9H2,1-2H3,(H2,24,27)/t10-/m1/s1. The van der Waals surface area contributed by atoms with E-state index >= 15 is 0 Å². The summed E-state index contributed by atoms with van der Waals surface area (Å²) >= 11 is 0. The van der Waals surface area contributed by atoms with Gasteiger partial charge in [-0.15, -0.1) is 0 Å². The Labute approximate surface area is 169 Å². The highest BCUT2D eigenvalue weighted by Crippen LogP contribution is 2.32. The number of fused-ring (bicyclic) bond motifs is 3. The third-order valence-corrected chi connectivity index (χ3v) is 5.28. The lowest BCUT2D eigenvalue weighted by Gasteiger charge is -2.24. The van der Waals surface area contributed by atoms with Crippen LogP contribution in [0.25, 0.3) is 10.9 Å². The quantitative estimate of drug-likeness (QED) is 0.701. The van der Waals surface area contributed by atoms with Crippen LogP contribution >= 0.6 is 0 Å². The summed E-state index contributed by atoms with van der Waals surface area (Å²) in [7, 11) is 1.55. The second-order valence-corrected chi connectivity index (χ2v) is 7.10. The van der Waals surface area contributed by atoms with Crippen molar-refractivity contribution in [1.82, 2.24) is 19.9 Å². The van der Waals surface area contributed by atoms with Crippen LogP contribution in [0.1, 0.15) is 45.8 Å². The van der Waals surface area contributed by atoms with Gasteiger partial charge in [-0.1, -0.05) is 0 Å². The molecule has 3 aromatic rings. The molecule has 1 aliphatic heterocycles. The number of rotatable bonds is 3. The number of nitrogens with zero attached hydrogens (tertiary/aromatic N) is 4. The Hall–Kier alpha value is -3.27. The van der Waals surface area contributed by atoms with E-state index < -0.39 is 23.7 Å². The summed E-state index contributed by atoms with van der Waals surface area (Å²) in [5, 5.41) is 0.740. The van der Waals surface area contributed by atoms with Gasteiger partial charge in [0.25, 0.3) is 5.91 Å². The lowest BCUT2D eigenvalue weighted by molar-refractivity contribution is -0.137. The van der Waals surface area contributed by atoms with Crippen molar-refractivity contribution in [3.63, 3.8) is 0 Å². The van der Waals surface area contributed by atoms with Crippen LogP contribution in [0.2, 0.25) is 0 Å². The number of anilines is 1. The monoisotopic (exact) mass is 417 g/mol. The molecule has 1 amide bonds. The van der Waals surface area contributed by atoms with Gasteiger partial charge in [0.15, 0.2) is 0 Å². The average Bonchev–Trinajstić information content (AvgIpc) is 3.22. The Morgan fingerprint density at radius 3 is 2.60 bits per heavy atom. The number of hydrogen-bond donors (Lipinski definition) is 1. The number of halogens is 3. The molecule has 30 heavy (non-hydrogen) atoms. The van der Waals surface area contributed by atoms with E-state index in [9.17, 15) is 18.0 Å². The second kappa shape index (κ2) is 7.21. The maximum absolute atomic E-state index is 13.0. The minimum absolute atomic E-state index is 0.185. The van der Waals surface area contributed by atoms with Crippen LogP contribution in [0.15, 0.2) is 30.6 Å². The molecule has 0 bridgehead atoms. The predicted octanol–water partition coefficient (Wildman–Crippen LogP) is 3.49. The van der Waals surface area contributed by atoms with E-state index in [4.69, 9.17) is 10.5 Å². The number of amides is 1.